The van der Waals surface area contributed by atoms with Crippen molar-refractivity contribution < 1.29 is 14.3 Å². The number of hydrogen-bond acceptors (Lipinski definition) is 5. The normalized spacial score (nSPS) is 13.4. The Hall–Kier alpha value is -3.35. The summed E-state index contributed by atoms with van der Waals surface area (Å²) in [5.74, 6) is 1.61. The third kappa shape index (κ3) is 3.69. The van der Waals surface area contributed by atoms with Crippen LogP contribution in [0.4, 0.5) is 0 Å². The van der Waals surface area contributed by atoms with E-state index < -0.39 is 0 Å². The van der Waals surface area contributed by atoms with Gasteiger partial charge in [-0.05, 0) is 48.7 Å². The molecule has 1 amide bonds. The minimum Gasteiger partial charge on any atom is -0.454 e. The summed E-state index contributed by atoms with van der Waals surface area (Å²) in [6.45, 7) is 2.29. The molecule has 7 heteroatoms. The van der Waals surface area contributed by atoms with Crippen molar-refractivity contribution in [3.8, 4) is 17.2 Å². The van der Waals surface area contributed by atoms with E-state index >= 15 is 0 Å². The Kier molecular flexibility index (Phi) is 4.97. The number of ether oxygens (including phenoxy) is 2. The minimum absolute atomic E-state index is 0.0194. The van der Waals surface area contributed by atoms with E-state index in [9.17, 15) is 4.79 Å². The fourth-order valence-electron chi connectivity index (χ4n) is 3.21. The minimum atomic E-state index is -0.0194. The van der Waals surface area contributed by atoms with Gasteiger partial charge < -0.3 is 14.4 Å². The molecule has 0 N–H and O–H groups in total. The number of nitrogens with zero attached hydrogens (tertiary/aromatic N) is 4. The summed E-state index contributed by atoms with van der Waals surface area (Å²) in [7, 11) is 1.85. The zero-order chi connectivity index (χ0) is 19.5. The predicted molar refractivity (Wildman–Crippen MR) is 103 cm³/mol. The first kappa shape index (κ1) is 18.0. The Morgan fingerprint density at radius 1 is 1.18 bits per heavy atom. The topological polar surface area (TPSA) is 69.5 Å². The smallest absolute Gasteiger partial charge is 0.231 e. The van der Waals surface area contributed by atoms with Gasteiger partial charge in [-0.1, -0.05) is 18.2 Å². The third-order valence-corrected chi connectivity index (χ3v) is 5.10. The van der Waals surface area contributed by atoms with Crippen LogP contribution in [-0.2, 0) is 11.2 Å². The molecule has 144 valence electrons. The summed E-state index contributed by atoms with van der Waals surface area (Å²) in [5, 5.41) is 4.12. The highest BCUT2D eigenvalue weighted by molar-refractivity contribution is 5.76. The van der Waals surface area contributed by atoms with Crippen LogP contribution in [0.15, 0.2) is 55.1 Å². The number of rotatable bonds is 6. The Morgan fingerprint density at radius 2 is 1.96 bits per heavy atom. The van der Waals surface area contributed by atoms with Crippen molar-refractivity contribution in [2.24, 2.45) is 0 Å². The van der Waals surface area contributed by atoms with Crippen LogP contribution >= 0.6 is 0 Å². The molecule has 2 aromatic carbocycles. The van der Waals surface area contributed by atoms with Crippen molar-refractivity contribution >= 4 is 5.91 Å². The van der Waals surface area contributed by atoms with E-state index in [4.69, 9.17) is 9.47 Å². The van der Waals surface area contributed by atoms with Gasteiger partial charge in [0.05, 0.1) is 11.7 Å². The highest BCUT2D eigenvalue weighted by Gasteiger charge is 2.18. The Balaban J connectivity index is 1.36. The first-order valence-electron chi connectivity index (χ1n) is 9.21. The second-order valence-corrected chi connectivity index (χ2v) is 6.80. The van der Waals surface area contributed by atoms with Crippen molar-refractivity contribution in [1.29, 1.82) is 0 Å². The van der Waals surface area contributed by atoms with Crippen LogP contribution < -0.4 is 9.47 Å². The van der Waals surface area contributed by atoms with Crippen LogP contribution in [0.25, 0.3) is 5.69 Å². The molecule has 7 nitrogen and oxygen atoms in total. The van der Waals surface area contributed by atoms with Gasteiger partial charge in [-0.2, -0.15) is 5.10 Å². The maximum Gasteiger partial charge on any atom is 0.231 e. The molecule has 1 atom stereocenters. The lowest BCUT2D eigenvalue weighted by Gasteiger charge is -2.25. The van der Waals surface area contributed by atoms with Crippen molar-refractivity contribution in [2.75, 3.05) is 13.8 Å². The molecule has 4 rings (SSSR count). The number of aromatic nitrogens is 3. The average molecular weight is 378 g/mol. The molecule has 0 aliphatic carbocycles. The quantitative estimate of drug-likeness (QED) is 0.659. The van der Waals surface area contributed by atoms with Crippen LogP contribution in [0.3, 0.4) is 0 Å². The SMILES string of the molecule is CC(c1ccc(-n2cncn2)cc1)N(C)C(=O)CCc1ccc2c(c1)OCO2. The van der Waals surface area contributed by atoms with E-state index in [-0.39, 0.29) is 18.7 Å². The summed E-state index contributed by atoms with van der Waals surface area (Å²) in [5.41, 5.74) is 3.07. The molecule has 1 aliphatic heterocycles. The highest BCUT2D eigenvalue weighted by atomic mass is 16.7. The van der Waals surface area contributed by atoms with Crippen LogP contribution in [0.5, 0.6) is 11.5 Å². The number of benzene rings is 2. The Labute approximate surface area is 163 Å². The van der Waals surface area contributed by atoms with Gasteiger partial charge in [0, 0.05) is 13.5 Å². The van der Waals surface area contributed by atoms with E-state index in [1.165, 1.54) is 6.33 Å². The number of aryl methyl sites for hydroxylation is 1. The third-order valence-electron chi connectivity index (χ3n) is 5.10. The highest BCUT2D eigenvalue weighted by Crippen LogP contribution is 2.33. The number of fused-ring (bicyclic) bond motifs is 1. The van der Waals surface area contributed by atoms with Crippen LogP contribution in [0, 0.1) is 0 Å². The lowest BCUT2D eigenvalue weighted by atomic mass is 10.0. The van der Waals surface area contributed by atoms with Gasteiger partial charge in [-0.3, -0.25) is 4.79 Å². The fourth-order valence-corrected chi connectivity index (χ4v) is 3.21. The van der Waals surface area contributed by atoms with E-state index in [1.807, 2.05) is 56.4 Å². The first-order valence-corrected chi connectivity index (χ1v) is 9.21. The summed E-state index contributed by atoms with van der Waals surface area (Å²) in [6.07, 6.45) is 4.27. The van der Waals surface area contributed by atoms with Crippen molar-refractivity contribution in [2.45, 2.75) is 25.8 Å². The van der Waals surface area contributed by atoms with E-state index in [0.29, 0.717) is 12.8 Å². The van der Waals surface area contributed by atoms with E-state index in [2.05, 4.69) is 10.1 Å². The molecule has 0 fully saturated rings. The summed E-state index contributed by atoms with van der Waals surface area (Å²) >= 11 is 0. The van der Waals surface area contributed by atoms with Gasteiger partial charge in [0.2, 0.25) is 12.7 Å². The number of carbonyl (C=O) groups is 1. The molecule has 1 unspecified atom stereocenters. The van der Waals surface area contributed by atoms with Crippen molar-refractivity contribution in [1.82, 2.24) is 19.7 Å². The molecule has 0 radical (unpaired) electrons. The lowest BCUT2D eigenvalue weighted by molar-refractivity contribution is -0.131. The molecule has 0 bridgehead atoms. The van der Waals surface area contributed by atoms with Gasteiger partial charge in [0.25, 0.3) is 0 Å². The average Bonchev–Trinajstić information content (AvgIpc) is 3.42. The first-order chi connectivity index (χ1) is 13.6. The second kappa shape index (κ2) is 7.72. The lowest BCUT2D eigenvalue weighted by Crippen LogP contribution is -2.29. The van der Waals surface area contributed by atoms with Crippen LogP contribution in [0.1, 0.15) is 30.5 Å². The molecular weight excluding hydrogens is 356 g/mol. The van der Waals surface area contributed by atoms with Crippen molar-refractivity contribution in [3.05, 3.63) is 66.2 Å². The van der Waals surface area contributed by atoms with Gasteiger partial charge >= 0.3 is 0 Å². The van der Waals surface area contributed by atoms with Crippen LogP contribution in [0.2, 0.25) is 0 Å². The summed E-state index contributed by atoms with van der Waals surface area (Å²) in [4.78, 5) is 18.4. The molecule has 0 saturated carbocycles. The largest absolute Gasteiger partial charge is 0.454 e. The van der Waals surface area contributed by atoms with Gasteiger partial charge in [0.15, 0.2) is 11.5 Å². The van der Waals surface area contributed by atoms with Gasteiger partial charge in [-0.15, -0.1) is 0 Å². The molecule has 1 aliphatic rings. The summed E-state index contributed by atoms with van der Waals surface area (Å²) < 4.78 is 12.4. The summed E-state index contributed by atoms with van der Waals surface area (Å²) in [6, 6.07) is 13.8. The maximum atomic E-state index is 12.7. The number of hydrogen-bond donors (Lipinski definition) is 0. The fraction of sp³-hybridized carbons (Fsp3) is 0.286. The van der Waals surface area contributed by atoms with E-state index in [1.54, 1.807) is 15.9 Å². The molecule has 0 spiro atoms. The van der Waals surface area contributed by atoms with Crippen molar-refractivity contribution in [3.63, 3.8) is 0 Å². The molecule has 3 aromatic rings. The Bertz CT molecular complexity index is 954. The molecule has 1 aromatic heterocycles. The zero-order valence-corrected chi connectivity index (χ0v) is 15.9. The monoisotopic (exact) mass is 378 g/mol. The molecular formula is C21H22N4O3. The van der Waals surface area contributed by atoms with Gasteiger partial charge in [-0.25, -0.2) is 9.67 Å². The molecule has 28 heavy (non-hydrogen) atoms. The standard InChI is InChI=1S/C21H22N4O3/c1-15(17-5-7-18(8-6-17)25-13-22-12-23-25)24(2)21(26)10-4-16-3-9-19-20(11-16)28-14-27-19/h3,5-9,11-13,15H,4,10,14H2,1-2H3. The zero-order valence-electron chi connectivity index (χ0n) is 15.9. The van der Waals surface area contributed by atoms with Gasteiger partial charge in [0.1, 0.15) is 12.7 Å². The molecule has 2 heterocycles. The molecule has 0 saturated heterocycles. The Morgan fingerprint density at radius 3 is 2.71 bits per heavy atom. The predicted octanol–water partition coefficient (Wildman–Crippen LogP) is 3.15. The van der Waals surface area contributed by atoms with E-state index in [0.717, 1.165) is 28.3 Å². The second-order valence-electron chi connectivity index (χ2n) is 6.80. The maximum absolute atomic E-state index is 12.7. The number of amides is 1. The van der Waals surface area contributed by atoms with Crippen LogP contribution in [-0.4, -0.2) is 39.4 Å². The number of carbonyl (C=O) groups excluding carboxylic acids is 1.